The molecule has 0 unspecified atom stereocenters. The van der Waals surface area contributed by atoms with Gasteiger partial charge in [0.05, 0.1) is 11.0 Å². The van der Waals surface area contributed by atoms with Crippen LogP contribution in [0.4, 0.5) is 5.69 Å². The number of nitrogen functional groups attached to an aromatic ring is 1. The Morgan fingerprint density at radius 3 is 2.43 bits per heavy atom. The molecule has 0 fully saturated rings. The second kappa shape index (κ2) is 4.81. The van der Waals surface area contributed by atoms with Gasteiger partial charge in [-0.25, -0.2) is 0 Å². The van der Waals surface area contributed by atoms with Crippen molar-refractivity contribution in [2.45, 2.75) is 26.2 Å². The molecule has 1 heterocycles. The number of hydrogen-bond acceptors (Lipinski definition) is 3. The molecule has 0 saturated heterocycles. The molecule has 0 aliphatic rings. The summed E-state index contributed by atoms with van der Waals surface area (Å²) in [6.45, 7) is 6.56. The minimum Gasteiger partial charge on any atom is -0.426 e. The van der Waals surface area contributed by atoms with Crippen LogP contribution in [0.1, 0.15) is 26.3 Å². The summed E-state index contributed by atoms with van der Waals surface area (Å²) in [5.41, 5.74) is 9.57. The standard InChI is InChI=1S/C17H19N3O/c1-17(2,3)11-4-7-13(8-5-11)21-16-19-14-9-6-12(18)10-15(14)20-16/h4-10H,18H2,1-3H3,(H,19,20). The zero-order chi connectivity index (χ0) is 15.0. The van der Waals surface area contributed by atoms with Gasteiger partial charge >= 0.3 is 0 Å². The maximum Gasteiger partial charge on any atom is 0.300 e. The third-order valence-corrected chi connectivity index (χ3v) is 3.42. The van der Waals surface area contributed by atoms with E-state index >= 15 is 0 Å². The minimum atomic E-state index is 0.134. The molecule has 3 aromatic rings. The quantitative estimate of drug-likeness (QED) is 0.691. The Labute approximate surface area is 124 Å². The summed E-state index contributed by atoms with van der Waals surface area (Å²) in [6, 6.07) is 14.1. The lowest BCUT2D eigenvalue weighted by Gasteiger charge is -2.18. The van der Waals surface area contributed by atoms with Gasteiger partial charge in [-0.05, 0) is 41.3 Å². The van der Waals surface area contributed by atoms with Gasteiger partial charge in [-0.2, -0.15) is 4.98 Å². The molecule has 0 bridgehead atoms. The van der Waals surface area contributed by atoms with Gasteiger partial charge < -0.3 is 15.5 Å². The van der Waals surface area contributed by atoms with E-state index in [-0.39, 0.29) is 5.41 Å². The first-order valence-electron chi connectivity index (χ1n) is 6.95. The average Bonchev–Trinajstić information content (AvgIpc) is 2.79. The molecule has 0 atom stereocenters. The number of nitrogens with zero attached hydrogens (tertiary/aromatic N) is 1. The molecule has 0 radical (unpaired) electrons. The Kier molecular flexibility index (Phi) is 3.09. The van der Waals surface area contributed by atoms with Crippen molar-refractivity contribution in [3.05, 3.63) is 48.0 Å². The van der Waals surface area contributed by atoms with Gasteiger partial charge in [0.2, 0.25) is 0 Å². The van der Waals surface area contributed by atoms with Gasteiger partial charge in [0.1, 0.15) is 5.75 Å². The molecular weight excluding hydrogens is 262 g/mol. The number of anilines is 1. The van der Waals surface area contributed by atoms with Crippen LogP contribution in [0.25, 0.3) is 11.0 Å². The van der Waals surface area contributed by atoms with Gasteiger partial charge in [-0.15, -0.1) is 0 Å². The molecule has 0 amide bonds. The topological polar surface area (TPSA) is 63.9 Å². The van der Waals surface area contributed by atoms with Crippen molar-refractivity contribution in [1.29, 1.82) is 0 Å². The molecule has 4 nitrogen and oxygen atoms in total. The molecule has 2 aromatic carbocycles. The van der Waals surface area contributed by atoms with Gasteiger partial charge in [-0.3, -0.25) is 0 Å². The van der Waals surface area contributed by atoms with Crippen molar-refractivity contribution in [3.8, 4) is 11.8 Å². The Bertz CT molecular complexity index is 767. The predicted octanol–water partition coefficient (Wildman–Crippen LogP) is 4.23. The van der Waals surface area contributed by atoms with Gasteiger partial charge in [0, 0.05) is 5.69 Å². The van der Waals surface area contributed by atoms with Crippen molar-refractivity contribution in [3.63, 3.8) is 0 Å². The second-order valence-electron chi connectivity index (χ2n) is 6.19. The zero-order valence-electron chi connectivity index (χ0n) is 12.5. The summed E-state index contributed by atoms with van der Waals surface area (Å²) in [5, 5.41) is 0. The fraction of sp³-hybridized carbons (Fsp3) is 0.235. The van der Waals surface area contributed by atoms with Crippen LogP contribution < -0.4 is 10.5 Å². The zero-order valence-corrected chi connectivity index (χ0v) is 12.5. The Hall–Kier alpha value is -2.49. The largest absolute Gasteiger partial charge is 0.426 e. The lowest BCUT2D eigenvalue weighted by molar-refractivity contribution is 0.448. The summed E-state index contributed by atoms with van der Waals surface area (Å²) in [4.78, 5) is 7.50. The number of fused-ring (bicyclic) bond motifs is 1. The number of aromatic nitrogens is 2. The number of hydrogen-bond donors (Lipinski definition) is 2. The van der Waals surface area contributed by atoms with Gasteiger partial charge in [-0.1, -0.05) is 32.9 Å². The van der Waals surface area contributed by atoms with Crippen LogP contribution in [0.15, 0.2) is 42.5 Å². The molecule has 0 aliphatic carbocycles. The number of benzene rings is 2. The number of ether oxygens (including phenoxy) is 1. The first-order chi connectivity index (χ1) is 9.91. The van der Waals surface area contributed by atoms with E-state index in [4.69, 9.17) is 10.5 Å². The van der Waals surface area contributed by atoms with E-state index in [2.05, 4.69) is 42.9 Å². The van der Waals surface area contributed by atoms with Crippen molar-refractivity contribution in [2.24, 2.45) is 0 Å². The summed E-state index contributed by atoms with van der Waals surface area (Å²) in [5.74, 6) is 0.759. The van der Waals surface area contributed by atoms with E-state index in [9.17, 15) is 0 Å². The normalized spacial score (nSPS) is 11.8. The lowest BCUT2D eigenvalue weighted by Crippen LogP contribution is -2.10. The summed E-state index contributed by atoms with van der Waals surface area (Å²) in [6.07, 6.45) is 0. The summed E-state index contributed by atoms with van der Waals surface area (Å²) < 4.78 is 5.76. The first-order valence-corrected chi connectivity index (χ1v) is 6.95. The van der Waals surface area contributed by atoms with E-state index in [0.717, 1.165) is 16.8 Å². The second-order valence-corrected chi connectivity index (χ2v) is 6.19. The van der Waals surface area contributed by atoms with E-state index in [1.807, 2.05) is 30.3 Å². The molecule has 3 rings (SSSR count). The highest BCUT2D eigenvalue weighted by Crippen LogP contribution is 2.27. The summed E-state index contributed by atoms with van der Waals surface area (Å²) >= 11 is 0. The number of nitrogens with two attached hydrogens (primary N) is 1. The third-order valence-electron chi connectivity index (χ3n) is 3.42. The van der Waals surface area contributed by atoms with E-state index in [0.29, 0.717) is 11.7 Å². The molecule has 0 aliphatic heterocycles. The van der Waals surface area contributed by atoms with Crippen LogP contribution in [0.5, 0.6) is 11.8 Å². The van der Waals surface area contributed by atoms with Crippen molar-refractivity contribution in [1.82, 2.24) is 9.97 Å². The lowest BCUT2D eigenvalue weighted by atomic mass is 9.87. The van der Waals surface area contributed by atoms with Crippen LogP contribution in [-0.4, -0.2) is 9.97 Å². The maximum atomic E-state index is 5.76. The van der Waals surface area contributed by atoms with E-state index in [1.165, 1.54) is 5.56 Å². The third kappa shape index (κ3) is 2.84. The average molecular weight is 281 g/mol. The molecule has 0 spiro atoms. The predicted molar refractivity (Wildman–Crippen MR) is 85.7 cm³/mol. The number of aromatic amines is 1. The van der Waals surface area contributed by atoms with Crippen molar-refractivity contribution < 1.29 is 4.74 Å². The SMILES string of the molecule is CC(C)(C)c1ccc(Oc2nc3ccc(N)cc3[nH]2)cc1. The molecule has 1 aromatic heterocycles. The van der Waals surface area contributed by atoms with Gasteiger partial charge in [0.25, 0.3) is 6.01 Å². The summed E-state index contributed by atoms with van der Waals surface area (Å²) in [7, 11) is 0. The van der Waals surface area contributed by atoms with Crippen LogP contribution in [0.3, 0.4) is 0 Å². The fourth-order valence-electron chi connectivity index (χ4n) is 2.19. The Morgan fingerprint density at radius 1 is 1.05 bits per heavy atom. The number of H-pyrrole nitrogens is 1. The molecule has 21 heavy (non-hydrogen) atoms. The molecular formula is C17H19N3O. The van der Waals surface area contributed by atoms with Gasteiger partial charge in [0.15, 0.2) is 0 Å². The highest BCUT2D eigenvalue weighted by molar-refractivity contribution is 5.79. The first kappa shape index (κ1) is 13.5. The number of rotatable bonds is 2. The van der Waals surface area contributed by atoms with Crippen molar-refractivity contribution >= 4 is 16.7 Å². The van der Waals surface area contributed by atoms with Crippen LogP contribution >= 0.6 is 0 Å². The van der Waals surface area contributed by atoms with Crippen molar-refractivity contribution in [2.75, 3.05) is 5.73 Å². The van der Waals surface area contributed by atoms with E-state index in [1.54, 1.807) is 0 Å². The Morgan fingerprint density at radius 2 is 1.76 bits per heavy atom. The molecule has 0 saturated carbocycles. The maximum absolute atomic E-state index is 5.76. The Balaban J connectivity index is 1.84. The monoisotopic (exact) mass is 281 g/mol. The molecule has 4 heteroatoms. The molecule has 3 N–H and O–H groups in total. The van der Waals surface area contributed by atoms with Crippen LogP contribution in [-0.2, 0) is 5.41 Å². The smallest absolute Gasteiger partial charge is 0.300 e. The number of nitrogens with one attached hydrogen (secondary N) is 1. The molecule has 108 valence electrons. The van der Waals surface area contributed by atoms with Crippen LogP contribution in [0, 0.1) is 0 Å². The fourth-order valence-corrected chi connectivity index (χ4v) is 2.19. The minimum absolute atomic E-state index is 0.134. The van der Waals surface area contributed by atoms with Crippen LogP contribution in [0.2, 0.25) is 0 Å². The highest BCUT2D eigenvalue weighted by Gasteiger charge is 2.13. The highest BCUT2D eigenvalue weighted by atomic mass is 16.5. The van der Waals surface area contributed by atoms with E-state index < -0.39 is 0 Å². The number of imidazole rings is 1.